The van der Waals surface area contributed by atoms with Gasteiger partial charge in [-0.15, -0.1) is 0 Å². The van der Waals surface area contributed by atoms with Gasteiger partial charge in [-0.1, -0.05) is 63.4 Å². The summed E-state index contributed by atoms with van der Waals surface area (Å²) in [6.07, 6.45) is 6.74. The van der Waals surface area contributed by atoms with Crippen LogP contribution >= 0.6 is 0 Å². The molecular formula is C18H22O. The molecule has 0 saturated carbocycles. The number of hydrogen-bond acceptors (Lipinski definition) is 1. The topological polar surface area (TPSA) is 9.23 Å². The number of para-hydroxylation sites is 1. The zero-order valence-corrected chi connectivity index (χ0v) is 11.8. The normalized spacial score (nSPS) is 22.6. The van der Waals surface area contributed by atoms with E-state index in [1.165, 1.54) is 5.56 Å². The van der Waals surface area contributed by atoms with Crippen molar-refractivity contribution in [2.45, 2.75) is 32.3 Å². The molecule has 0 amide bonds. The molecule has 1 aliphatic heterocycles. The molecule has 1 heteroatoms. The molecule has 2 unspecified atom stereocenters. The first-order chi connectivity index (χ1) is 9.17. The molecule has 100 valence electrons. The third-order valence-electron chi connectivity index (χ3n) is 3.78. The molecule has 2 rings (SSSR count). The fourth-order valence-electron chi connectivity index (χ4n) is 2.73. The van der Waals surface area contributed by atoms with Crippen molar-refractivity contribution in [3.63, 3.8) is 0 Å². The Labute approximate surface area is 116 Å². The van der Waals surface area contributed by atoms with E-state index in [-0.39, 0.29) is 6.10 Å². The van der Waals surface area contributed by atoms with Gasteiger partial charge < -0.3 is 4.74 Å². The van der Waals surface area contributed by atoms with Gasteiger partial charge in [-0.25, -0.2) is 0 Å². The van der Waals surface area contributed by atoms with E-state index in [0.717, 1.165) is 17.7 Å². The molecule has 0 radical (unpaired) electrons. The van der Waals surface area contributed by atoms with Crippen molar-refractivity contribution in [2.75, 3.05) is 0 Å². The summed E-state index contributed by atoms with van der Waals surface area (Å²) >= 11 is 0. The van der Waals surface area contributed by atoms with E-state index in [1.807, 2.05) is 18.2 Å². The van der Waals surface area contributed by atoms with Crippen molar-refractivity contribution in [1.82, 2.24) is 0 Å². The van der Waals surface area contributed by atoms with Crippen LogP contribution in [0.15, 0.2) is 61.2 Å². The van der Waals surface area contributed by atoms with Crippen LogP contribution in [-0.2, 0) is 0 Å². The van der Waals surface area contributed by atoms with Crippen molar-refractivity contribution >= 4 is 0 Å². The molecule has 19 heavy (non-hydrogen) atoms. The van der Waals surface area contributed by atoms with Gasteiger partial charge in [0.1, 0.15) is 11.9 Å². The van der Waals surface area contributed by atoms with Crippen LogP contribution in [0.4, 0.5) is 0 Å². The SMILES string of the molecule is C=C/C=C(\C=C)C1CC(C(C)C)c2ccccc2O1. The summed E-state index contributed by atoms with van der Waals surface area (Å²) in [6, 6.07) is 8.36. The van der Waals surface area contributed by atoms with E-state index in [2.05, 4.69) is 45.2 Å². The fourth-order valence-corrected chi connectivity index (χ4v) is 2.73. The van der Waals surface area contributed by atoms with Crippen molar-refractivity contribution in [3.05, 3.63) is 66.8 Å². The average Bonchev–Trinajstić information content (AvgIpc) is 2.43. The number of hydrogen-bond donors (Lipinski definition) is 0. The van der Waals surface area contributed by atoms with E-state index in [1.54, 1.807) is 6.08 Å². The highest BCUT2D eigenvalue weighted by Gasteiger charge is 2.30. The van der Waals surface area contributed by atoms with Crippen LogP contribution in [0.2, 0.25) is 0 Å². The van der Waals surface area contributed by atoms with Crippen LogP contribution in [-0.4, -0.2) is 6.10 Å². The van der Waals surface area contributed by atoms with Crippen LogP contribution in [0.3, 0.4) is 0 Å². The largest absolute Gasteiger partial charge is 0.485 e. The van der Waals surface area contributed by atoms with Crippen LogP contribution in [0.25, 0.3) is 0 Å². The van der Waals surface area contributed by atoms with Crippen LogP contribution in [0, 0.1) is 5.92 Å². The summed E-state index contributed by atoms with van der Waals surface area (Å²) < 4.78 is 6.13. The molecule has 2 atom stereocenters. The standard InChI is InChI=1S/C18H22O/c1-5-9-14(6-2)18-12-16(13(3)4)15-10-7-8-11-17(15)19-18/h5-11,13,16,18H,1-2,12H2,3-4H3/b14-9+. The van der Waals surface area contributed by atoms with Crippen molar-refractivity contribution in [1.29, 1.82) is 0 Å². The Morgan fingerprint density at radius 2 is 2.05 bits per heavy atom. The van der Waals surface area contributed by atoms with Crippen molar-refractivity contribution in [3.8, 4) is 5.75 Å². The van der Waals surface area contributed by atoms with Gasteiger partial charge in [-0.2, -0.15) is 0 Å². The Morgan fingerprint density at radius 3 is 2.68 bits per heavy atom. The van der Waals surface area contributed by atoms with Gasteiger partial charge >= 0.3 is 0 Å². The molecule has 1 aliphatic rings. The Bertz CT molecular complexity index is 496. The molecule has 0 aromatic heterocycles. The lowest BCUT2D eigenvalue weighted by atomic mass is 9.80. The lowest BCUT2D eigenvalue weighted by molar-refractivity contribution is 0.179. The molecule has 1 nitrogen and oxygen atoms in total. The maximum absolute atomic E-state index is 6.13. The predicted octanol–water partition coefficient (Wildman–Crippen LogP) is 4.88. The maximum atomic E-state index is 6.13. The van der Waals surface area contributed by atoms with Gasteiger partial charge in [0, 0.05) is 0 Å². The smallest absolute Gasteiger partial charge is 0.124 e. The molecule has 0 saturated heterocycles. The van der Waals surface area contributed by atoms with Crippen molar-refractivity contribution in [2.24, 2.45) is 5.92 Å². The second kappa shape index (κ2) is 5.92. The Hall–Kier alpha value is -1.76. The van der Waals surface area contributed by atoms with Gasteiger partial charge in [0.05, 0.1) is 0 Å². The van der Waals surface area contributed by atoms with Crippen LogP contribution in [0.1, 0.15) is 31.7 Å². The number of fused-ring (bicyclic) bond motifs is 1. The first-order valence-electron chi connectivity index (χ1n) is 6.88. The summed E-state index contributed by atoms with van der Waals surface area (Å²) in [7, 11) is 0. The first kappa shape index (κ1) is 13.7. The third-order valence-corrected chi connectivity index (χ3v) is 3.78. The van der Waals surface area contributed by atoms with Gasteiger partial charge in [0.25, 0.3) is 0 Å². The van der Waals surface area contributed by atoms with E-state index < -0.39 is 0 Å². The molecule has 0 N–H and O–H groups in total. The molecule has 0 spiro atoms. The zero-order valence-electron chi connectivity index (χ0n) is 11.8. The molecule has 1 aromatic carbocycles. The summed E-state index contributed by atoms with van der Waals surface area (Å²) in [5.74, 6) is 2.14. The zero-order chi connectivity index (χ0) is 13.8. The number of benzene rings is 1. The average molecular weight is 254 g/mol. The Morgan fingerprint density at radius 1 is 1.32 bits per heavy atom. The molecule has 0 bridgehead atoms. The van der Waals surface area contributed by atoms with E-state index in [0.29, 0.717) is 11.8 Å². The lowest BCUT2D eigenvalue weighted by Gasteiger charge is -2.35. The molecule has 1 aromatic rings. The van der Waals surface area contributed by atoms with Crippen LogP contribution < -0.4 is 4.74 Å². The third kappa shape index (κ3) is 2.81. The highest BCUT2D eigenvalue weighted by molar-refractivity contribution is 5.41. The van der Waals surface area contributed by atoms with Crippen molar-refractivity contribution < 1.29 is 4.74 Å². The van der Waals surface area contributed by atoms with Crippen LogP contribution in [0.5, 0.6) is 5.75 Å². The highest BCUT2D eigenvalue weighted by Crippen LogP contribution is 2.41. The molecule has 0 aliphatic carbocycles. The quantitative estimate of drug-likeness (QED) is 0.696. The molecular weight excluding hydrogens is 232 g/mol. The second-order valence-electron chi connectivity index (χ2n) is 5.34. The highest BCUT2D eigenvalue weighted by atomic mass is 16.5. The minimum absolute atomic E-state index is 0.0813. The minimum Gasteiger partial charge on any atom is -0.485 e. The van der Waals surface area contributed by atoms with E-state index >= 15 is 0 Å². The Balaban J connectivity index is 2.37. The summed E-state index contributed by atoms with van der Waals surface area (Å²) in [5.41, 5.74) is 2.44. The lowest BCUT2D eigenvalue weighted by Crippen LogP contribution is -2.29. The first-order valence-corrected chi connectivity index (χ1v) is 6.88. The van der Waals surface area contributed by atoms with E-state index in [9.17, 15) is 0 Å². The second-order valence-corrected chi connectivity index (χ2v) is 5.34. The molecule has 0 fully saturated rings. The summed E-state index contributed by atoms with van der Waals surface area (Å²) in [4.78, 5) is 0. The van der Waals surface area contributed by atoms with E-state index in [4.69, 9.17) is 4.74 Å². The summed E-state index contributed by atoms with van der Waals surface area (Å²) in [5, 5.41) is 0. The monoisotopic (exact) mass is 254 g/mol. The van der Waals surface area contributed by atoms with Gasteiger partial charge in [-0.3, -0.25) is 0 Å². The number of allylic oxidation sites excluding steroid dienone is 2. The maximum Gasteiger partial charge on any atom is 0.124 e. The minimum atomic E-state index is 0.0813. The number of ether oxygens (including phenoxy) is 1. The molecule has 1 heterocycles. The fraction of sp³-hybridized carbons (Fsp3) is 0.333. The number of rotatable bonds is 4. The predicted molar refractivity (Wildman–Crippen MR) is 81.5 cm³/mol. The van der Waals surface area contributed by atoms with Gasteiger partial charge in [-0.05, 0) is 35.5 Å². The summed E-state index contributed by atoms with van der Waals surface area (Å²) in [6.45, 7) is 12.2. The van der Waals surface area contributed by atoms with Gasteiger partial charge in [0.2, 0.25) is 0 Å². The van der Waals surface area contributed by atoms with Gasteiger partial charge in [0.15, 0.2) is 0 Å². The Kier molecular flexibility index (Phi) is 4.26.